The third-order valence-corrected chi connectivity index (χ3v) is 2.75. The van der Waals surface area contributed by atoms with Crippen LogP contribution < -0.4 is 10.6 Å². The molecule has 3 heteroatoms. The van der Waals surface area contributed by atoms with Crippen LogP contribution in [0, 0.1) is 5.92 Å². The van der Waals surface area contributed by atoms with Crippen molar-refractivity contribution in [2.24, 2.45) is 5.92 Å². The molecule has 1 fully saturated rings. The van der Waals surface area contributed by atoms with Crippen molar-refractivity contribution in [2.75, 3.05) is 14.1 Å². The van der Waals surface area contributed by atoms with Crippen molar-refractivity contribution in [3.8, 4) is 0 Å². The van der Waals surface area contributed by atoms with Gasteiger partial charge in [-0.3, -0.25) is 4.79 Å². The van der Waals surface area contributed by atoms with E-state index >= 15 is 0 Å². The molecule has 12 heavy (non-hydrogen) atoms. The van der Waals surface area contributed by atoms with E-state index in [4.69, 9.17) is 0 Å². The highest BCUT2D eigenvalue weighted by Crippen LogP contribution is 2.23. The van der Waals surface area contributed by atoms with Crippen molar-refractivity contribution in [1.29, 1.82) is 0 Å². The average molecular weight is 170 g/mol. The first-order chi connectivity index (χ1) is 5.77. The Bertz CT molecular complexity index is 151. The predicted octanol–water partition coefficient (Wildman–Crippen LogP) is 0.511. The van der Waals surface area contributed by atoms with Gasteiger partial charge in [0.1, 0.15) is 0 Å². The summed E-state index contributed by atoms with van der Waals surface area (Å²) in [6.45, 7) is 0. The summed E-state index contributed by atoms with van der Waals surface area (Å²) in [6, 6.07) is 0.630. The topological polar surface area (TPSA) is 41.1 Å². The number of carbonyl (C=O) groups excluding carboxylic acids is 1. The second kappa shape index (κ2) is 4.45. The summed E-state index contributed by atoms with van der Waals surface area (Å²) >= 11 is 0. The third kappa shape index (κ3) is 2.21. The number of hydrogen-bond donors (Lipinski definition) is 2. The van der Waals surface area contributed by atoms with Gasteiger partial charge < -0.3 is 10.6 Å². The number of carbonyl (C=O) groups is 1. The molecule has 3 nitrogen and oxygen atoms in total. The van der Waals surface area contributed by atoms with Gasteiger partial charge in [-0.15, -0.1) is 0 Å². The summed E-state index contributed by atoms with van der Waals surface area (Å²) in [5, 5.41) is 5.96. The molecular formula is C9H18N2O. The fourth-order valence-electron chi connectivity index (χ4n) is 1.85. The zero-order chi connectivity index (χ0) is 8.97. The van der Waals surface area contributed by atoms with Crippen LogP contribution in [0.15, 0.2) is 0 Å². The maximum absolute atomic E-state index is 11.2. The molecule has 1 amide bonds. The van der Waals surface area contributed by atoms with Crippen LogP contribution in [0.3, 0.4) is 0 Å². The Labute approximate surface area is 73.9 Å². The summed E-state index contributed by atoms with van der Waals surface area (Å²) in [4.78, 5) is 11.2. The summed E-state index contributed by atoms with van der Waals surface area (Å²) in [7, 11) is 3.71. The molecule has 0 heterocycles. The first kappa shape index (κ1) is 9.52. The van der Waals surface area contributed by atoms with Crippen LogP contribution in [0.2, 0.25) is 0 Å². The SMILES string of the molecule is CNC(=O)[C@H]1CC[C@@H](NC)CC1. The van der Waals surface area contributed by atoms with E-state index in [0.29, 0.717) is 6.04 Å². The van der Waals surface area contributed by atoms with Gasteiger partial charge in [-0.25, -0.2) is 0 Å². The van der Waals surface area contributed by atoms with Crippen molar-refractivity contribution >= 4 is 5.91 Å². The minimum Gasteiger partial charge on any atom is -0.359 e. The Balaban J connectivity index is 2.30. The highest BCUT2D eigenvalue weighted by Gasteiger charge is 2.24. The fourth-order valence-corrected chi connectivity index (χ4v) is 1.85. The van der Waals surface area contributed by atoms with E-state index in [-0.39, 0.29) is 11.8 Å². The summed E-state index contributed by atoms with van der Waals surface area (Å²) < 4.78 is 0. The van der Waals surface area contributed by atoms with Gasteiger partial charge in [-0.05, 0) is 32.7 Å². The van der Waals surface area contributed by atoms with Crippen LogP contribution in [-0.2, 0) is 4.79 Å². The van der Waals surface area contributed by atoms with Crippen LogP contribution in [-0.4, -0.2) is 26.0 Å². The first-order valence-corrected chi connectivity index (χ1v) is 4.66. The molecule has 0 saturated heterocycles. The molecule has 0 aromatic carbocycles. The summed E-state index contributed by atoms with van der Waals surface area (Å²) in [6.07, 6.45) is 4.33. The monoisotopic (exact) mass is 170 g/mol. The second-order valence-corrected chi connectivity index (χ2v) is 3.45. The standard InChI is InChI=1S/C9H18N2O/c1-10-8-5-3-7(4-6-8)9(12)11-2/h7-8,10H,3-6H2,1-2H3,(H,11,12)/t7-,8+. The molecule has 0 aromatic heterocycles. The maximum Gasteiger partial charge on any atom is 0.222 e. The molecule has 0 aromatic rings. The third-order valence-electron chi connectivity index (χ3n) is 2.75. The van der Waals surface area contributed by atoms with Gasteiger partial charge in [-0.1, -0.05) is 0 Å². The summed E-state index contributed by atoms with van der Waals surface area (Å²) in [5.74, 6) is 0.476. The lowest BCUT2D eigenvalue weighted by Crippen LogP contribution is -2.36. The van der Waals surface area contributed by atoms with Crippen LogP contribution >= 0.6 is 0 Å². The highest BCUT2D eigenvalue weighted by molar-refractivity contribution is 5.78. The van der Waals surface area contributed by atoms with Crippen molar-refractivity contribution in [1.82, 2.24) is 10.6 Å². The van der Waals surface area contributed by atoms with Gasteiger partial charge in [-0.2, -0.15) is 0 Å². The molecule has 0 bridgehead atoms. The Morgan fingerprint density at radius 1 is 1.17 bits per heavy atom. The van der Waals surface area contributed by atoms with Crippen molar-refractivity contribution < 1.29 is 4.79 Å². The molecule has 0 spiro atoms. The molecule has 0 aliphatic heterocycles. The minimum absolute atomic E-state index is 0.213. The lowest BCUT2D eigenvalue weighted by molar-refractivity contribution is -0.125. The van der Waals surface area contributed by atoms with Gasteiger partial charge in [0, 0.05) is 19.0 Å². The van der Waals surface area contributed by atoms with Crippen molar-refractivity contribution in [3.05, 3.63) is 0 Å². The van der Waals surface area contributed by atoms with E-state index in [0.717, 1.165) is 25.7 Å². The second-order valence-electron chi connectivity index (χ2n) is 3.45. The van der Waals surface area contributed by atoms with Gasteiger partial charge in [0.05, 0.1) is 0 Å². The van der Waals surface area contributed by atoms with Crippen molar-refractivity contribution in [3.63, 3.8) is 0 Å². The van der Waals surface area contributed by atoms with E-state index in [1.807, 2.05) is 7.05 Å². The largest absolute Gasteiger partial charge is 0.359 e. The zero-order valence-electron chi connectivity index (χ0n) is 7.89. The van der Waals surface area contributed by atoms with Gasteiger partial charge in [0.15, 0.2) is 0 Å². The molecule has 2 N–H and O–H groups in total. The number of hydrogen-bond acceptors (Lipinski definition) is 2. The van der Waals surface area contributed by atoms with E-state index in [9.17, 15) is 4.79 Å². The lowest BCUT2D eigenvalue weighted by atomic mass is 9.85. The molecule has 1 rings (SSSR count). The Hall–Kier alpha value is -0.570. The van der Waals surface area contributed by atoms with E-state index in [1.165, 1.54) is 0 Å². The molecule has 1 aliphatic rings. The number of rotatable bonds is 2. The summed E-state index contributed by atoms with van der Waals surface area (Å²) in [5.41, 5.74) is 0. The normalized spacial score (nSPS) is 29.8. The first-order valence-electron chi connectivity index (χ1n) is 4.66. The lowest BCUT2D eigenvalue weighted by Gasteiger charge is -2.26. The molecule has 70 valence electrons. The van der Waals surface area contributed by atoms with Crippen LogP contribution in [0.5, 0.6) is 0 Å². The van der Waals surface area contributed by atoms with Crippen molar-refractivity contribution in [2.45, 2.75) is 31.7 Å². The van der Waals surface area contributed by atoms with Gasteiger partial charge >= 0.3 is 0 Å². The van der Waals surface area contributed by atoms with Crippen LogP contribution in [0.1, 0.15) is 25.7 Å². The van der Waals surface area contributed by atoms with Crippen LogP contribution in [0.4, 0.5) is 0 Å². The highest BCUT2D eigenvalue weighted by atomic mass is 16.1. The maximum atomic E-state index is 11.2. The molecule has 0 radical (unpaired) electrons. The quantitative estimate of drug-likeness (QED) is 0.634. The zero-order valence-corrected chi connectivity index (χ0v) is 7.89. The number of amides is 1. The molecule has 0 unspecified atom stereocenters. The molecular weight excluding hydrogens is 152 g/mol. The average Bonchev–Trinajstić information content (AvgIpc) is 2.17. The molecule has 0 atom stereocenters. The Morgan fingerprint density at radius 2 is 1.75 bits per heavy atom. The Morgan fingerprint density at radius 3 is 2.17 bits per heavy atom. The van der Waals surface area contributed by atoms with E-state index in [2.05, 4.69) is 10.6 Å². The van der Waals surface area contributed by atoms with Gasteiger partial charge in [0.25, 0.3) is 0 Å². The predicted molar refractivity (Wildman–Crippen MR) is 48.9 cm³/mol. The van der Waals surface area contributed by atoms with E-state index < -0.39 is 0 Å². The minimum atomic E-state index is 0.213. The molecule has 1 saturated carbocycles. The van der Waals surface area contributed by atoms with Gasteiger partial charge in [0.2, 0.25) is 5.91 Å². The number of nitrogens with one attached hydrogen (secondary N) is 2. The Kier molecular flexibility index (Phi) is 3.53. The molecule has 1 aliphatic carbocycles. The van der Waals surface area contributed by atoms with E-state index in [1.54, 1.807) is 7.05 Å². The fraction of sp³-hybridized carbons (Fsp3) is 0.889. The van der Waals surface area contributed by atoms with Crippen LogP contribution in [0.25, 0.3) is 0 Å². The smallest absolute Gasteiger partial charge is 0.222 e.